The molecular formula is C11H21NO3. The van der Waals surface area contributed by atoms with Gasteiger partial charge < -0.3 is 15.6 Å². The number of carbonyl (C=O) groups is 1. The van der Waals surface area contributed by atoms with Crippen molar-refractivity contribution in [2.75, 3.05) is 13.2 Å². The first-order valence-electron chi connectivity index (χ1n) is 5.30. The summed E-state index contributed by atoms with van der Waals surface area (Å²) in [7, 11) is 0. The zero-order valence-electron chi connectivity index (χ0n) is 9.53. The molecule has 1 unspecified atom stereocenters. The Morgan fingerprint density at radius 1 is 1.67 bits per heavy atom. The first-order valence-corrected chi connectivity index (χ1v) is 5.30. The molecule has 1 amide bonds. The molecule has 1 atom stereocenters. The van der Waals surface area contributed by atoms with Crippen molar-refractivity contribution in [1.82, 2.24) is 0 Å². The van der Waals surface area contributed by atoms with Gasteiger partial charge in [0.15, 0.2) is 0 Å². The molecule has 1 aliphatic rings. The van der Waals surface area contributed by atoms with Crippen molar-refractivity contribution in [2.45, 2.75) is 39.2 Å². The van der Waals surface area contributed by atoms with Crippen LogP contribution in [0.3, 0.4) is 0 Å². The number of aliphatic hydroxyl groups excluding tert-OH is 1. The van der Waals surface area contributed by atoms with E-state index in [1.54, 1.807) is 6.92 Å². The molecule has 0 aromatic carbocycles. The molecule has 0 bridgehead atoms. The van der Waals surface area contributed by atoms with Crippen LogP contribution in [0.25, 0.3) is 0 Å². The third-order valence-electron chi connectivity index (χ3n) is 2.00. The van der Waals surface area contributed by atoms with Crippen molar-refractivity contribution in [3.05, 3.63) is 11.6 Å². The van der Waals surface area contributed by atoms with E-state index in [4.69, 9.17) is 10.8 Å². The topological polar surface area (TPSA) is 75.9 Å². The standard InChI is InChI=1S/C8H15NO.C3H6O2/c1-3-4-5-6-7(2)8(9)10;4-1-3-2-5-3/h6H,3-5H2,1-2H3,(H2,9,10);3-4H,1-2H2. The Kier molecular flexibility index (Phi) is 7.95. The van der Waals surface area contributed by atoms with E-state index in [1.807, 2.05) is 6.08 Å². The minimum Gasteiger partial charge on any atom is -0.394 e. The average molecular weight is 215 g/mol. The molecule has 88 valence electrons. The summed E-state index contributed by atoms with van der Waals surface area (Å²) in [4.78, 5) is 10.4. The Morgan fingerprint density at radius 2 is 2.27 bits per heavy atom. The number of ether oxygens (including phenoxy) is 1. The number of carbonyl (C=O) groups excluding carboxylic acids is 1. The monoisotopic (exact) mass is 215 g/mol. The Bertz CT molecular complexity index is 210. The van der Waals surface area contributed by atoms with Gasteiger partial charge >= 0.3 is 0 Å². The normalized spacial score (nSPS) is 19.1. The highest BCUT2D eigenvalue weighted by atomic mass is 16.6. The number of amides is 1. The summed E-state index contributed by atoms with van der Waals surface area (Å²) in [5.74, 6) is -0.309. The quantitative estimate of drug-likeness (QED) is 0.408. The maximum Gasteiger partial charge on any atom is 0.244 e. The first kappa shape index (κ1) is 14.1. The van der Waals surface area contributed by atoms with Crippen molar-refractivity contribution in [3.8, 4) is 0 Å². The Balaban J connectivity index is 0.000000322. The van der Waals surface area contributed by atoms with E-state index in [0.717, 1.165) is 25.9 Å². The summed E-state index contributed by atoms with van der Waals surface area (Å²) >= 11 is 0. The molecule has 0 aromatic heterocycles. The molecule has 0 aromatic rings. The van der Waals surface area contributed by atoms with Gasteiger partial charge in [-0.3, -0.25) is 4.79 Å². The van der Waals surface area contributed by atoms with Crippen molar-refractivity contribution < 1.29 is 14.6 Å². The van der Waals surface area contributed by atoms with Crippen LogP contribution in [0.1, 0.15) is 33.1 Å². The van der Waals surface area contributed by atoms with Crippen LogP contribution in [0.15, 0.2) is 11.6 Å². The van der Waals surface area contributed by atoms with Crippen molar-refractivity contribution in [3.63, 3.8) is 0 Å². The van der Waals surface area contributed by atoms with E-state index in [9.17, 15) is 4.79 Å². The molecule has 1 saturated heterocycles. The number of rotatable bonds is 5. The summed E-state index contributed by atoms with van der Waals surface area (Å²) in [5.41, 5.74) is 5.69. The lowest BCUT2D eigenvalue weighted by molar-refractivity contribution is -0.114. The molecule has 0 radical (unpaired) electrons. The second kappa shape index (κ2) is 8.44. The fourth-order valence-electron chi connectivity index (χ4n) is 0.797. The van der Waals surface area contributed by atoms with E-state index in [1.165, 1.54) is 0 Å². The van der Waals surface area contributed by atoms with Crippen LogP contribution in [0.2, 0.25) is 0 Å². The fraction of sp³-hybridized carbons (Fsp3) is 0.727. The van der Waals surface area contributed by atoms with Crippen molar-refractivity contribution >= 4 is 5.91 Å². The number of nitrogens with two attached hydrogens (primary N) is 1. The van der Waals surface area contributed by atoms with E-state index >= 15 is 0 Å². The SMILES string of the molecule is CCCCC=C(C)C(N)=O.OCC1CO1. The molecule has 1 heterocycles. The van der Waals surface area contributed by atoms with Crippen LogP contribution >= 0.6 is 0 Å². The summed E-state index contributed by atoms with van der Waals surface area (Å²) in [5, 5.41) is 8.08. The van der Waals surface area contributed by atoms with Crippen LogP contribution in [0.4, 0.5) is 0 Å². The summed E-state index contributed by atoms with van der Waals surface area (Å²) in [6, 6.07) is 0. The number of hydrogen-bond acceptors (Lipinski definition) is 3. The van der Waals surface area contributed by atoms with Crippen LogP contribution in [-0.4, -0.2) is 30.3 Å². The number of hydrogen-bond donors (Lipinski definition) is 2. The highest BCUT2D eigenvalue weighted by Crippen LogP contribution is 2.04. The number of primary amides is 1. The van der Waals surface area contributed by atoms with E-state index in [0.29, 0.717) is 5.57 Å². The predicted octanol–water partition coefficient (Wildman–Crippen LogP) is 0.986. The molecule has 0 aliphatic carbocycles. The lowest BCUT2D eigenvalue weighted by atomic mass is 10.2. The zero-order chi connectivity index (χ0) is 11.7. The zero-order valence-corrected chi connectivity index (χ0v) is 9.53. The maximum absolute atomic E-state index is 10.4. The van der Waals surface area contributed by atoms with Gasteiger partial charge in [-0.05, 0) is 13.3 Å². The second-order valence-electron chi connectivity index (χ2n) is 3.53. The van der Waals surface area contributed by atoms with Gasteiger partial charge in [-0.25, -0.2) is 0 Å². The van der Waals surface area contributed by atoms with Gasteiger partial charge in [0.1, 0.15) is 6.10 Å². The van der Waals surface area contributed by atoms with Gasteiger partial charge in [0, 0.05) is 5.57 Å². The third-order valence-corrected chi connectivity index (χ3v) is 2.00. The van der Waals surface area contributed by atoms with Gasteiger partial charge in [0.2, 0.25) is 5.91 Å². The van der Waals surface area contributed by atoms with E-state index in [-0.39, 0.29) is 18.6 Å². The van der Waals surface area contributed by atoms with Crippen LogP contribution in [-0.2, 0) is 9.53 Å². The highest BCUT2D eigenvalue weighted by Gasteiger charge is 2.19. The van der Waals surface area contributed by atoms with E-state index in [2.05, 4.69) is 11.7 Å². The number of unbranched alkanes of at least 4 members (excludes halogenated alkanes) is 2. The summed E-state index contributed by atoms with van der Waals surface area (Å²) in [6.07, 6.45) is 5.33. The lowest BCUT2D eigenvalue weighted by Gasteiger charge is -1.92. The van der Waals surface area contributed by atoms with Gasteiger partial charge in [-0.2, -0.15) is 0 Å². The van der Waals surface area contributed by atoms with Gasteiger partial charge in [0.05, 0.1) is 13.2 Å². The largest absolute Gasteiger partial charge is 0.394 e. The number of allylic oxidation sites excluding steroid dienone is 1. The molecule has 1 fully saturated rings. The lowest BCUT2D eigenvalue weighted by Crippen LogP contribution is -2.11. The number of epoxide rings is 1. The van der Waals surface area contributed by atoms with Crippen molar-refractivity contribution in [1.29, 1.82) is 0 Å². The molecular weight excluding hydrogens is 194 g/mol. The third kappa shape index (κ3) is 9.43. The average Bonchev–Trinajstić information content (AvgIpc) is 3.02. The van der Waals surface area contributed by atoms with Crippen molar-refractivity contribution in [2.24, 2.45) is 5.73 Å². The van der Waals surface area contributed by atoms with Gasteiger partial charge in [-0.1, -0.05) is 25.8 Å². The van der Waals surface area contributed by atoms with Crippen LogP contribution < -0.4 is 5.73 Å². The van der Waals surface area contributed by atoms with E-state index < -0.39 is 0 Å². The minimum atomic E-state index is -0.309. The Hall–Kier alpha value is -0.870. The van der Waals surface area contributed by atoms with Gasteiger partial charge in [-0.15, -0.1) is 0 Å². The highest BCUT2D eigenvalue weighted by molar-refractivity contribution is 5.91. The van der Waals surface area contributed by atoms with Crippen LogP contribution in [0.5, 0.6) is 0 Å². The molecule has 4 nitrogen and oxygen atoms in total. The van der Waals surface area contributed by atoms with Gasteiger partial charge in [0.25, 0.3) is 0 Å². The maximum atomic E-state index is 10.4. The predicted molar refractivity (Wildman–Crippen MR) is 59.3 cm³/mol. The fourth-order valence-corrected chi connectivity index (χ4v) is 0.797. The molecule has 0 saturated carbocycles. The van der Waals surface area contributed by atoms with Crippen LogP contribution in [0, 0.1) is 0 Å². The second-order valence-corrected chi connectivity index (χ2v) is 3.53. The Morgan fingerprint density at radius 3 is 2.53 bits per heavy atom. The smallest absolute Gasteiger partial charge is 0.244 e. The molecule has 3 N–H and O–H groups in total. The minimum absolute atomic E-state index is 0.190. The Labute approximate surface area is 91.1 Å². The molecule has 15 heavy (non-hydrogen) atoms. The molecule has 1 rings (SSSR count). The summed E-state index contributed by atoms with van der Waals surface area (Å²) in [6.45, 7) is 4.82. The molecule has 4 heteroatoms. The molecule has 0 spiro atoms. The number of aliphatic hydroxyl groups is 1. The summed E-state index contributed by atoms with van der Waals surface area (Å²) < 4.78 is 4.61. The first-order chi connectivity index (χ1) is 7.11. The molecule has 1 aliphatic heterocycles.